The molecule has 0 bridgehead atoms. The number of halogens is 1. The molecule has 2 heterocycles. The molecule has 0 saturated heterocycles. The summed E-state index contributed by atoms with van der Waals surface area (Å²) in [4.78, 5) is 16.6. The summed E-state index contributed by atoms with van der Waals surface area (Å²) < 4.78 is 0.757. The van der Waals surface area contributed by atoms with Crippen LogP contribution in [-0.2, 0) is 4.79 Å². The van der Waals surface area contributed by atoms with Crippen molar-refractivity contribution in [3.05, 3.63) is 75.4 Å². The van der Waals surface area contributed by atoms with Gasteiger partial charge in [0.15, 0.2) is 0 Å². The van der Waals surface area contributed by atoms with Crippen molar-refractivity contribution in [3.63, 3.8) is 0 Å². The normalized spacial score (nSPS) is 18.8. The molecule has 1 saturated carbocycles. The van der Waals surface area contributed by atoms with E-state index in [1.165, 1.54) is 11.1 Å². The molecule has 3 aromatic rings. The van der Waals surface area contributed by atoms with Crippen LogP contribution in [0.3, 0.4) is 0 Å². The molecule has 4 heteroatoms. The summed E-state index contributed by atoms with van der Waals surface area (Å²) in [6, 6.07) is 20.6. The lowest BCUT2D eigenvalue weighted by Gasteiger charge is -2.41. The van der Waals surface area contributed by atoms with Gasteiger partial charge in [-0.15, -0.1) is 11.3 Å². The van der Waals surface area contributed by atoms with Crippen molar-refractivity contribution in [3.8, 4) is 11.1 Å². The quantitative estimate of drug-likeness (QED) is 0.511. The number of hydrogen-bond donors (Lipinski definition) is 0. The third kappa shape index (κ3) is 2.42. The summed E-state index contributed by atoms with van der Waals surface area (Å²) in [5.74, 6) is 0.388. The number of anilines is 1. The lowest BCUT2D eigenvalue weighted by atomic mass is 9.81. The van der Waals surface area contributed by atoms with Crippen LogP contribution in [0.2, 0.25) is 4.34 Å². The van der Waals surface area contributed by atoms with Gasteiger partial charge in [-0.25, -0.2) is 0 Å². The van der Waals surface area contributed by atoms with Crippen molar-refractivity contribution in [1.29, 1.82) is 0 Å². The average molecular weight is 380 g/mol. The third-order valence-electron chi connectivity index (χ3n) is 5.52. The van der Waals surface area contributed by atoms with E-state index in [0.29, 0.717) is 0 Å². The summed E-state index contributed by atoms with van der Waals surface area (Å²) in [5.41, 5.74) is 4.53. The molecule has 1 atom stereocenters. The molecule has 1 aliphatic heterocycles. The fourth-order valence-electron chi connectivity index (χ4n) is 4.02. The molecule has 1 fully saturated rings. The van der Waals surface area contributed by atoms with E-state index in [4.69, 9.17) is 11.6 Å². The van der Waals surface area contributed by atoms with Gasteiger partial charge < -0.3 is 0 Å². The molecule has 1 aromatic heterocycles. The van der Waals surface area contributed by atoms with E-state index in [2.05, 4.69) is 42.5 Å². The average Bonchev–Trinajstić information content (AvgIpc) is 3.05. The minimum absolute atomic E-state index is 0.105. The van der Waals surface area contributed by atoms with Crippen LogP contribution in [-0.4, -0.2) is 5.91 Å². The highest BCUT2D eigenvalue weighted by Crippen LogP contribution is 2.50. The second kappa shape index (κ2) is 6.26. The zero-order valence-electron chi connectivity index (χ0n) is 14.2. The highest BCUT2D eigenvalue weighted by molar-refractivity contribution is 7.16. The van der Waals surface area contributed by atoms with Gasteiger partial charge in [-0.05, 0) is 42.2 Å². The van der Waals surface area contributed by atoms with E-state index in [0.717, 1.165) is 39.7 Å². The number of fused-ring (bicyclic) bond motifs is 3. The molecule has 1 unspecified atom stereocenters. The fourth-order valence-corrected chi connectivity index (χ4v) is 5.20. The highest BCUT2D eigenvalue weighted by atomic mass is 35.5. The van der Waals surface area contributed by atoms with Crippen LogP contribution >= 0.6 is 22.9 Å². The van der Waals surface area contributed by atoms with Crippen LogP contribution < -0.4 is 4.90 Å². The maximum absolute atomic E-state index is 13.4. The Bertz CT molecular complexity index is 991. The van der Waals surface area contributed by atoms with Gasteiger partial charge in [0.2, 0.25) is 5.91 Å². The summed E-state index contributed by atoms with van der Waals surface area (Å²) in [6.07, 6.45) is 3.14. The summed E-state index contributed by atoms with van der Waals surface area (Å²) in [7, 11) is 0. The number of carbonyl (C=O) groups excluding carboxylic acids is 1. The van der Waals surface area contributed by atoms with Gasteiger partial charge in [-0.1, -0.05) is 60.5 Å². The number of nitrogens with zero attached hydrogens (tertiary/aromatic N) is 1. The van der Waals surface area contributed by atoms with Gasteiger partial charge in [-0.3, -0.25) is 9.69 Å². The van der Waals surface area contributed by atoms with E-state index < -0.39 is 0 Å². The molecule has 2 aliphatic rings. The molecule has 1 amide bonds. The molecule has 0 spiro atoms. The second-order valence-electron chi connectivity index (χ2n) is 6.98. The number of para-hydroxylation sites is 1. The van der Waals surface area contributed by atoms with E-state index >= 15 is 0 Å². The molecule has 5 rings (SSSR count). The van der Waals surface area contributed by atoms with Crippen molar-refractivity contribution in [1.82, 2.24) is 0 Å². The molecule has 0 radical (unpaired) electrons. The fraction of sp³-hybridized carbons (Fsp3) is 0.227. The number of thiophene rings is 1. The van der Waals surface area contributed by atoms with Crippen LogP contribution in [0.4, 0.5) is 5.69 Å². The number of amides is 1. The number of hydrogen-bond acceptors (Lipinski definition) is 2. The molecular formula is C22H18ClNOS. The molecule has 2 aromatic carbocycles. The van der Waals surface area contributed by atoms with Crippen LogP contribution in [0.15, 0.2) is 60.7 Å². The van der Waals surface area contributed by atoms with Gasteiger partial charge >= 0.3 is 0 Å². The molecule has 1 aliphatic carbocycles. The summed E-state index contributed by atoms with van der Waals surface area (Å²) in [6.45, 7) is 0. The maximum atomic E-state index is 13.4. The Labute approximate surface area is 162 Å². The Morgan fingerprint density at radius 1 is 0.962 bits per heavy atom. The zero-order chi connectivity index (χ0) is 17.7. The standard InChI is InChI=1S/C22H18ClNOS/c23-20-13-12-19(26-20)21-17-10-2-1-8-15(17)16-9-3-4-11-18(16)24(21)22(25)14-6-5-7-14/h1-4,8-14,21H,5-7H2. The van der Waals surface area contributed by atoms with Gasteiger partial charge in [0.1, 0.15) is 0 Å². The lowest BCUT2D eigenvalue weighted by molar-refractivity contribution is -0.125. The Morgan fingerprint density at radius 3 is 2.38 bits per heavy atom. The molecule has 26 heavy (non-hydrogen) atoms. The minimum Gasteiger partial charge on any atom is -0.299 e. The Morgan fingerprint density at radius 2 is 1.69 bits per heavy atom. The first-order valence-corrected chi connectivity index (χ1v) is 10.2. The van der Waals surface area contributed by atoms with Gasteiger partial charge in [-0.2, -0.15) is 0 Å². The van der Waals surface area contributed by atoms with Crippen LogP contribution in [0.25, 0.3) is 11.1 Å². The highest BCUT2D eigenvalue weighted by Gasteiger charge is 2.40. The van der Waals surface area contributed by atoms with E-state index in [9.17, 15) is 4.79 Å². The molecule has 2 nitrogen and oxygen atoms in total. The van der Waals surface area contributed by atoms with Gasteiger partial charge in [0, 0.05) is 16.4 Å². The first-order valence-electron chi connectivity index (χ1n) is 9.00. The smallest absolute Gasteiger partial charge is 0.230 e. The van der Waals surface area contributed by atoms with Crippen LogP contribution in [0.5, 0.6) is 0 Å². The van der Waals surface area contributed by atoms with Crippen molar-refractivity contribution in [2.75, 3.05) is 4.90 Å². The largest absolute Gasteiger partial charge is 0.299 e. The predicted octanol–water partition coefficient (Wildman–Crippen LogP) is 6.30. The third-order valence-corrected chi connectivity index (χ3v) is 6.81. The summed E-state index contributed by atoms with van der Waals surface area (Å²) >= 11 is 7.81. The lowest BCUT2D eigenvalue weighted by Crippen LogP contribution is -2.43. The van der Waals surface area contributed by atoms with Crippen molar-refractivity contribution in [2.24, 2.45) is 5.92 Å². The molecular weight excluding hydrogens is 362 g/mol. The second-order valence-corrected chi connectivity index (χ2v) is 8.73. The SMILES string of the molecule is O=C(C1CCC1)N1c2ccccc2-c2ccccc2C1c1ccc(Cl)s1. The van der Waals surface area contributed by atoms with Crippen molar-refractivity contribution in [2.45, 2.75) is 25.3 Å². The Kier molecular flexibility index (Phi) is 3.87. The Hall–Kier alpha value is -2.10. The van der Waals surface area contributed by atoms with Crippen LogP contribution in [0.1, 0.15) is 35.7 Å². The number of rotatable bonds is 2. The van der Waals surface area contributed by atoms with E-state index in [1.807, 2.05) is 23.1 Å². The maximum Gasteiger partial charge on any atom is 0.230 e. The van der Waals surface area contributed by atoms with Crippen LogP contribution in [0, 0.1) is 5.92 Å². The topological polar surface area (TPSA) is 20.3 Å². The van der Waals surface area contributed by atoms with Crippen molar-refractivity contribution < 1.29 is 4.79 Å². The van der Waals surface area contributed by atoms with Gasteiger partial charge in [0.05, 0.1) is 16.1 Å². The van der Waals surface area contributed by atoms with Gasteiger partial charge in [0.25, 0.3) is 0 Å². The molecule has 130 valence electrons. The number of carbonyl (C=O) groups is 1. The Balaban J connectivity index is 1.75. The van der Waals surface area contributed by atoms with E-state index in [-0.39, 0.29) is 17.9 Å². The molecule has 0 N–H and O–H groups in total. The summed E-state index contributed by atoms with van der Waals surface area (Å²) in [5, 5.41) is 0. The first kappa shape index (κ1) is 16.1. The predicted molar refractivity (Wildman–Crippen MR) is 108 cm³/mol. The number of benzene rings is 2. The van der Waals surface area contributed by atoms with E-state index in [1.54, 1.807) is 11.3 Å². The minimum atomic E-state index is -0.105. The first-order chi connectivity index (χ1) is 12.7. The monoisotopic (exact) mass is 379 g/mol. The zero-order valence-corrected chi connectivity index (χ0v) is 15.8. The van der Waals surface area contributed by atoms with Crippen molar-refractivity contribution >= 4 is 34.5 Å².